The van der Waals surface area contributed by atoms with Crippen LogP contribution in [-0.4, -0.2) is 32.9 Å². The Hall–Kier alpha value is -1.57. The van der Waals surface area contributed by atoms with Crippen molar-refractivity contribution >= 4 is 5.97 Å². The van der Waals surface area contributed by atoms with Gasteiger partial charge in [-0.2, -0.15) is 18.3 Å². The van der Waals surface area contributed by atoms with Gasteiger partial charge in [-0.3, -0.25) is 9.48 Å². The van der Waals surface area contributed by atoms with Gasteiger partial charge in [-0.1, -0.05) is 6.92 Å². The number of hydrogen-bond donors (Lipinski definition) is 2. The molecular formula is C13H20F3N3O2. The standard InChI is InChI=1S/C13H20F3N3O2/c1-3-7-17-12(2,11(20)21)6-4-8-19-9-5-10(18-19)13(14,15)16/h5,9,17H,3-4,6-8H2,1-2H3,(H,20,21). The van der Waals surface area contributed by atoms with Gasteiger partial charge in [0.15, 0.2) is 5.69 Å². The normalized spacial score (nSPS) is 14.9. The lowest BCUT2D eigenvalue weighted by Crippen LogP contribution is -2.49. The number of aliphatic carboxylic acids is 1. The topological polar surface area (TPSA) is 67.2 Å². The average Bonchev–Trinajstić information content (AvgIpc) is 2.85. The second-order valence-corrected chi connectivity index (χ2v) is 5.13. The summed E-state index contributed by atoms with van der Waals surface area (Å²) in [6.45, 7) is 4.32. The molecule has 5 nitrogen and oxygen atoms in total. The van der Waals surface area contributed by atoms with Gasteiger partial charge in [-0.15, -0.1) is 0 Å². The number of alkyl halides is 3. The third kappa shape index (κ3) is 5.04. The molecule has 0 fully saturated rings. The van der Waals surface area contributed by atoms with Gasteiger partial charge in [0.2, 0.25) is 0 Å². The highest BCUT2D eigenvalue weighted by atomic mass is 19.4. The first-order chi connectivity index (χ1) is 9.69. The maximum Gasteiger partial charge on any atom is 0.435 e. The number of halogens is 3. The number of aryl methyl sites for hydroxylation is 1. The summed E-state index contributed by atoms with van der Waals surface area (Å²) in [6.07, 6.45) is -1.68. The van der Waals surface area contributed by atoms with Gasteiger partial charge in [0.1, 0.15) is 5.54 Å². The number of nitrogens with one attached hydrogen (secondary N) is 1. The number of carboxylic acid groups (broad SMARTS) is 1. The molecule has 0 aliphatic carbocycles. The predicted molar refractivity (Wildman–Crippen MR) is 70.8 cm³/mol. The summed E-state index contributed by atoms with van der Waals surface area (Å²) >= 11 is 0. The molecule has 0 amide bonds. The molecule has 0 bridgehead atoms. The van der Waals surface area contributed by atoms with Crippen molar-refractivity contribution in [1.29, 1.82) is 0 Å². The first-order valence-corrected chi connectivity index (χ1v) is 6.78. The zero-order valence-electron chi connectivity index (χ0n) is 12.1. The fourth-order valence-electron chi connectivity index (χ4n) is 1.90. The van der Waals surface area contributed by atoms with Crippen LogP contribution < -0.4 is 5.32 Å². The summed E-state index contributed by atoms with van der Waals surface area (Å²) in [7, 11) is 0. The molecule has 0 saturated heterocycles. The van der Waals surface area contributed by atoms with E-state index in [4.69, 9.17) is 0 Å². The minimum Gasteiger partial charge on any atom is -0.480 e. The SMILES string of the molecule is CCCNC(C)(CCCn1ccc(C(F)(F)F)n1)C(=O)O. The first-order valence-electron chi connectivity index (χ1n) is 6.78. The summed E-state index contributed by atoms with van der Waals surface area (Å²) in [5.74, 6) is -0.965. The van der Waals surface area contributed by atoms with E-state index in [-0.39, 0.29) is 6.54 Å². The third-order valence-electron chi connectivity index (χ3n) is 3.23. The fraction of sp³-hybridized carbons (Fsp3) is 0.692. The number of nitrogens with zero attached hydrogens (tertiary/aromatic N) is 2. The molecule has 1 atom stereocenters. The van der Waals surface area contributed by atoms with Gasteiger partial charge in [0.25, 0.3) is 0 Å². The summed E-state index contributed by atoms with van der Waals surface area (Å²) in [5, 5.41) is 15.6. The van der Waals surface area contributed by atoms with Crippen molar-refractivity contribution in [2.24, 2.45) is 0 Å². The largest absolute Gasteiger partial charge is 0.480 e. The lowest BCUT2D eigenvalue weighted by molar-refractivity contribution is -0.144. The Balaban J connectivity index is 2.54. The van der Waals surface area contributed by atoms with Crippen LogP contribution in [0.25, 0.3) is 0 Å². The Labute approximate surface area is 121 Å². The van der Waals surface area contributed by atoms with E-state index in [0.717, 1.165) is 12.5 Å². The Morgan fingerprint density at radius 2 is 2.14 bits per heavy atom. The Bertz CT molecular complexity index is 473. The van der Waals surface area contributed by atoms with Crippen molar-refractivity contribution in [3.05, 3.63) is 18.0 Å². The maximum absolute atomic E-state index is 12.4. The molecule has 2 N–H and O–H groups in total. The second kappa shape index (κ2) is 6.93. The minimum atomic E-state index is -4.45. The van der Waals surface area contributed by atoms with Gasteiger partial charge in [0, 0.05) is 12.7 Å². The van der Waals surface area contributed by atoms with E-state index >= 15 is 0 Å². The summed E-state index contributed by atoms with van der Waals surface area (Å²) in [4.78, 5) is 11.3. The van der Waals surface area contributed by atoms with Gasteiger partial charge < -0.3 is 10.4 Å². The highest BCUT2D eigenvalue weighted by molar-refractivity contribution is 5.78. The predicted octanol–water partition coefficient (Wildman–Crippen LogP) is 2.53. The van der Waals surface area contributed by atoms with Crippen molar-refractivity contribution < 1.29 is 23.1 Å². The van der Waals surface area contributed by atoms with Crippen molar-refractivity contribution in [2.45, 2.75) is 51.4 Å². The molecule has 1 aromatic rings. The van der Waals surface area contributed by atoms with Crippen LogP contribution in [-0.2, 0) is 17.5 Å². The smallest absolute Gasteiger partial charge is 0.435 e. The molecule has 1 aromatic heterocycles. The van der Waals surface area contributed by atoms with E-state index in [0.29, 0.717) is 19.4 Å². The minimum absolute atomic E-state index is 0.243. The summed E-state index contributed by atoms with van der Waals surface area (Å²) in [6, 6.07) is 0.908. The highest BCUT2D eigenvalue weighted by Crippen LogP contribution is 2.27. The monoisotopic (exact) mass is 307 g/mol. The molecule has 0 aliphatic rings. The number of carbonyl (C=O) groups is 1. The lowest BCUT2D eigenvalue weighted by atomic mass is 9.95. The van der Waals surface area contributed by atoms with Crippen LogP contribution in [0.3, 0.4) is 0 Å². The third-order valence-corrected chi connectivity index (χ3v) is 3.23. The number of carboxylic acids is 1. The van der Waals surface area contributed by atoms with Crippen LogP contribution in [0.15, 0.2) is 12.3 Å². The molecule has 0 aromatic carbocycles. The highest BCUT2D eigenvalue weighted by Gasteiger charge is 2.34. The zero-order chi connectivity index (χ0) is 16.1. The zero-order valence-corrected chi connectivity index (χ0v) is 12.1. The number of hydrogen-bond acceptors (Lipinski definition) is 3. The molecular weight excluding hydrogens is 287 g/mol. The molecule has 0 spiro atoms. The van der Waals surface area contributed by atoms with Gasteiger partial charge >= 0.3 is 12.1 Å². The number of aromatic nitrogens is 2. The number of rotatable bonds is 8. The van der Waals surface area contributed by atoms with E-state index in [9.17, 15) is 23.1 Å². The van der Waals surface area contributed by atoms with Crippen LogP contribution in [0.2, 0.25) is 0 Å². The van der Waals surface area contributed by atoms with Gasteiger partial charge in [-0.05, 0) is 38.8 Å². The van der Waals surface area contributed by atoms with Crippen molar-refractivity contribution in [3.63, 3.8) is 0 Å². The van der Waals surface area contributed by atoms with Crippen LogP contribution >= 0.6 is 0 Å². The van der Waals surface area contributed by atoms with Crippen molar-refractivity contribution in [3.8, 4) is 0 Å². The van der Waals surface area contributed by atoms with Gasteiger partial charge in [-0.25, -0.2) is 0 Å². The van der Waals surface area contributed by atoms with E-state index in [1.165, 1.54) is 10.9 Å². The molecule has 1 rings (SSSR count). The molecule has 1 unspecified atom stereocenters. The summed E-state index contributed by atoms with van der Waals surface area (Å²) in [5.41, 5.74) is -2.01. The van der Waals surface area contributed by atoms with Crippen molar-refractivity contribution in [2.75, 3.05) is 6.54 Å². The van der Waals surface area contributed by atoms with Crippen LogP contribution in [0.5, 0.6) is 0 Å². The van der Waals surface area contributed by atoms with E-state index in [2.05, 4.69) is 10.4 Å². The first kappa shape index (κ1) is 17.5. The molecule has 1 heterocycles. The summed E-state index contributed by atoms with van der Waals surface area (Å²) < 4.78 is 38.4. The van der Waals surface area contributed by atoms with Gasteiger partial charge in [0.05, 0.1) is 0 Å². The van der Waals surface area contributed by atoms with E-state index < -0.39 is 23.4 Å². The quantitative estimate of drug-likeness (QED) is 0.774. The van der Waals surface area contributed by atoms with Crippen LogP contribution in [0, 0.1) is 0 Å². The molecule has 0 saturated carbocycles. The average molecular weight is 307 g/mol. The fourth-order valence-corrected chi connectivity index (χ4v) is 1.90. The lowest BCUT2D eigenvalue weighted by Gasteiger charge is -2.26. The maximum atomic E-state index is 12.4. The molecule has 120 valence electrons. The second-order valence-electron chi connectivity index (χ2n) is 5.13. The molecule has 21 heavy (non-hydrogen) atoms. The molecule has 8 heteroatoms. The molecule has 0 radical (unpaired) electrons. The van der Waals surface area contributed by atoms with E-state index in [1.807, 2.05) is 6.92 Å². The Morgan fingerprint density at radius 1 is 1.48 bits per heavy atom. The Morgan fingerprint density at radius 3 is 2.62 bits per heavy atom. The van der Waals surface area contributed by atoms with E-state index in [1.54, 1.807) is 6.92 Å². The van der Waals surface area contributed by atoms with Crippen molar-refractivity contribution in [1.82, 2.24) is 15.1 Å². The molecule has 0 aliphatic heterocycles. The Kier molecular flexibility index (Phi) is 5.77. The van der Waals surface area contributed by atoms with Crippen LogP contribution in [0.4, 0.5) is 13.2 Å². The van der Waals surface area contributed by atoms with Crippen LogP contribution in [0.1, 0.15) is 38.8 Å².